The third-order valence-corrected chi connectivity index (χ3v) is 4.16. The molecule has 0 aliphatic rings. The number of rotatable bonds is 4. The van der Waals surface area contributed by atoms with Gasteiger partial charge in [0.05, 0.1) is 11.9 Å². The Morgan fingerprint density at radius 3 is 2.62 bits per heavy atom. The van der Waals surface area contributed by atoms with Crippen molar-refractivity contribution in [2.24, 2.45) is 0 Å². The van der Waals surface area contributed by atoms with Gasteiger partial charge < -0.3 is 0 Å². The van der Waals surface area contributed by atoms with Gasteiger partial charge in [-0.3, -0.25) is 13.5 Å². The van der Waals surface area contributed by atoms with E-state index in [1.54, 1.807) is 18.3 Å². The lowest BCUT2D eigenvalue weighted by Gasteiger charge is -2.13. The van der Waals surface area contributed by atoms with Gasteiger partial charge in [-0.15, -0.1) is 0 Å². The molecule has 7 nitrogen and oxygen atoms in total. The summed E-state index contributed by atoms with van der Waals surface area (Å²) in [7, 11) is -3.65. The standard InChI is InChI=1S/C16H17N3O4S/c1-11-5-4-6-13(9-11)19-14(10-23-24(3,21)22)17-18-8-7-12(2)15(18)16(19)20/h4-9H,10H2,1-3H3. The Morgan fingerprint density at radius 2 is 1.96 bits per heavy atom. The molecule has 0 aliphatic heterocycles. The van der Waals surface area contributed by atoms with Gasteiger partial charge in [-0.1, -0.05) is 12.1 Å². The first kappa shape index (κ1) is 16.4. The zero-order valence-corrected chi connectivity index (χ0v) is 14.4. The number of aromatic nitrogens is 3. The van der Waals surface area contributed by atoms with Crippen molar-refractivity contribution in [3.8, 4) is 5.69 Å². The molecule has 0 N–H and O–H groups in total. The van der Waals surface area contributed by atoms with Crippen LogP contribution in [0.4, 0.5) is 0 Å². The van der Waals surface area contributed by atoms with Crippen LogP contribution >= 0.6 is 0 Å². The van der Waals surface area contributed by atoms with E-state index >= 15 is 0 Å². The minimum absolute atomic E-state index is 0.208. The van der Waals surface area contributed by atoms with Crippen LogP contribution in [-0.2, 0) is 20.9 Å². The summed E-state index contributed by atoms with van der Waals surface area (Å²) in [6, 6.07) is 9.13. The van der Waals surface area contributed by atoms with Crippen molar-refractivity contribution in [3.63, 3.8) is 0 Å². The number of aryl methyl sites for hydroxylation is 2. The molecule has 24 heavy (non-hydrogen) atoms. The lowest BCUT2D eigenvalue weighted by atomic mass is 10.2. The lowest BCUT2D eigenvalue weighted by molar-refractivity contribution is 0.295. The Hall–Kier alpha value is -2.45. The molecule has 0 fully saturated rings. The Kier molecular flexibility index (Phi) is 4.02. The van der Waals surface area contributed by atoms with Crippen molar-refractivity contribution >= 4 is 15.6 Å². The van der Waals surface area contributed by atoms with Gasteiger partial charge in [0.15, 0.2) is 5.82 Å². The maximum absolute atomic E-state index is 13.0. The topological polar surface area (TPSA) is 82.7 Å². The molecule has 2 heterocycles. The molecule has 0 radical (unpaired) electrons. The molecule has 3 aromatic rings. The summed E-state index contributed by atoms with van der Waals surface area (Å²) in [5.74, 6) is 0.208. The van der Waals surface area contributed by atoms with Crippen molar-refractivity contribution in [3.05, 3.63) is 63.8 Å². The van der Waals surface area contributed by atoms with E-state index in [2.05, 4.69) is 5.10 Å². The second-order valence-corrected chi connectivity index (χ2v) is 7.30. The van der Waals surface area contributed by atoms with E-state index in [-0.39, 0.29) is 18.0 Å². The number of fused-ring (bicyclic) bond motifs is 1. The summed E-state index contributed by atoms with van der Waals surface area (Å²) in [6.45, 7) is 3.41. The summed E-state index contributed by atoms with van der Waals surface area (Å²) in [6.07, 6.45) is 2.62. The third-order valence-electron chi connectivity index (χ3n) is 3.62. The fourth-order valence-corrected chi connectivity index (χ4v) is 2.86. The molecule has 0 spiro atoms. The summed E-state index contributed by atoms with van der Waals surface area (Å²) in [5, 5.41) is 4.36. The van der Waals surface area contributed by atoms with E-state index in [1.807, 2.05) is 32.0 Å². The highest BCUT2D eigenvalue weighted by atomic mass is 32.2. The van der Waals surface area contributed by atoms with Crippen molar-refractivity contribution in [1.82, 2.24) is 14.2 Å². The molecule has 0 saturated heterocycles. The van der Waals surface area contributed by atoms with Crippen LogP contribution in [0.25, 0.3) is 11.2 Å². The SMILES string of the molecule is Cc1cccc(-n2c(COS(C)(=O)=O)nn3ccc(C)c3c2=O)c1. The molecule has 0 bridgehead atoms. The molecular formula is C16H17N3O4S. The predicted octanol–water partition coefficient (Wildman–Crippen LogP) is 1.58. The van der Waals surface area contributed by atoms with E-state index in [0.29, 0.717) is 11.2 Å². The van der Waals surface area contributed by atoms with Gasteiger partial charge in [-0.05, 0) is 43.2 Å². The van der Waals surface area contributed by atoms with Crippen LogP contribution in [0.5, 0.6) is 0 Å². The number of nitrogens with zero attached hydrogens (tertiary/aromatic N) is 3. The second-order valence-electron chi connectivity index (χ2n) is 5.65. The van der Waals surface area contributed by atoms with Gasteiger partial charge >= 0.3 is 0 Å². The summed E-state index contributed by atoms with van der Waals surface area (Å²) in [5.41, 5.74) is 2.55. The van der Waals surface area contributed by atoms with Gasteiger partial charge in [0, 0.05) is 6.20 Å². The quantitative estimate of drug-likeness (QED) is 0.669. The molecule has 0 aliphatic carbocycles. The Labute approximate surface area is 139 Å². The van der Waals surface area contributed by atoms with E-state index in [4.69, 9.17) is 4.18 Å². The third kappa shape index (κ3) is 3.10. The van der Waals surface area contributed by atoms with Crippen LogP contribution < -0.4 is 5.56 Å². The number of hydrogen-bond acceptors (Lipinski definition) is 5. The van der Waals surface area contributed by atoms with Gasteiger partial charge in [-0.25, -0.2) is 4.52 Å². The largest absolute Gasteiger partial charge is 0.282 e. The normalized spacial score (nSPS) is 12.0. The highest BCUT2D eigenvalue weighted by Crippen LogP contribution is 2.14. The maximum atomic E-state index is 13.0. The molecule has 0 saturated carbocycles. The molecule has 126 valence electrons. The van der Waals surface area contributed by atoms with Gasteiger partial charge in [0.1, 0.15) is 12.1 Å². The molecule has 2 aromatic heterocycles. The van der Waals surface area contributed by atoms with Crippen molar-refractivity contribution in [1.29, 1.82) is 0 Å². The first-order valence-corrected chi connectivity index (χ1v) is 9.09. The van der Waals surface area contributed by atoms with Gasteiger partial charge in [0.2, 0.25) is 0 Å². The highest BCUT2D eigenvalue weighted by molar-refractivity contribution is 7.85. The molecule has 0 unspecified atom stereocenters. The summed E-state index contributed by atoms with van der Waals surface area (Å²) >= 11 is 0. The number of hydrogen-bond donors (Lipinski definition) is 0. The minimum atomic E-state index is -3.65. The maximum Gasteiger partial charge on any atom is 0.282 e. The second kappa shape index (κ2) is 5.88. The van der Waals surface area contributed by atoms with E-state index in [9.17, 15) is 13.2 Å². The zero-order valence-electron chi connectivity index (χ0n) is 13.6. The monoisotopic (exact) mass is 347 g/mol. The lowest BCUT2D eigenvalue weighted by Crippen LogP contribution is -2.27. The van der Waals surface area contributed by atoms with Gasteiger partial charge in [0.25, 0.3) is 15.7 Å². The average molecular weight is 347 g/mol. The van der Waals surface area contributed by atoms with E-state index < -0.39 is 10.1 Å². The first-order valence-electron chi connectivity index (χ1n) is 7.27. The Morgan fingerprint density at radius 1 is 1.21 bits per heavy atom. The molecular weight excluding hydrogens is 330 g/mol. The Balaban J connectivity index is 2.28. The zero-order chi connectivity index (χ0) is 17.5. The number of benzene rings is 1. The van der Waals surface area contributed by atoms with Crippen molar-refractivity contribution in [2.75, 3.05) is 6.26 Å². The molecule has 8 heteroatoms. The molecule has 0 atom stereocenters. The van der Waals surface area contributed by atoms with Crippen LogP contribution in [0, 0.1) is 13.8 Å². The summed E-state index contributed by atoms with van der Waals surface area (Å²) in [4.78, 5) is 13.0. The van der Waals surface area contributed by atoms with Crippen LogP contribution in [0.2, 0.25) is 0 Å². The molecule has 0 amide bonds. The first-order chi connectivity index (χ1) is 11.3. The van der Waals surface area contributed by atoms with Crippen LogP contribution in [0.15, 0.2) is 41.3 Å². The van der Waals surface area contributed by atoms with Crippen LogP contribution in [0.3, 0.4) is 0 Å². The Bertz CT molecular complexity index is 1080. The van der Waals surface area contributed by atoms with Gasteiger partial charge in [-0.2, -0.15) is 13.5 Å². The fourth-order valence-electron chi connectivity index (χ4n) is 2.55. The fraction of sp³-hybridized carbons (Fsp3) is 0.250. The average Bonchev–Trinajstić information content (AvgIpc) is 2.86. The highest BCUT2D eigenvalue weighted by Gasteiger charge is 2.16. The predicted molar refractivity (Wildman–Crippen MR) is 89.9 cm³/mol. The van der Waals surface area contributed by atoms with E-state index in [0.717, 1.165) is 17.4 Å². The van der Waals surface area contributed by atoms with E-state index in [1.165, 1.54) is 9.08 Å². The molecule has 3 rings (SSSR count). The summed E-state index contributed by atoms with van der Waals surface area (Å²) < 4.78 is 30.3. The van der Waals surface area contributed by atoms with Crippen molar-refractivity contribution < 1.29 is 12.6 Å². The smallest absolute Gasteiger partial charge is 0.266 e. The van der Waals surface area contributed by atoms with Crippen molar-refractivity contribution in [2.45, 2.75) is 20.5 Å². The van der Waals surface area contributed by atoms with Crippen LogP contribution in [-0.4, -0.2) is 28.9 Å². The molecule has 1 aromatic carbocycles. The van der Waals surface area contributed by atoms with Crippen LogP contribution in [0.1, 0.15) is 17.0 Å². The minimum Gasteiger partial charge on any atom is -0.266 e.